The van der Waals surface area contributed by atoms with E-state index in [1.807, 2.05) is 70.5 Å². The predicted octanol–water partition coefficient (Wildman–Crippen LogP) is -5.42. The van der Waals surface area contributed by atoms with Crippen LogP contribution in [0.2, 0.25) is 0 Å². The van der Waals surface area contributed by atoms with Crippen LogP contribution in [-0.4, -0.2) is 0 Å². The number of aromatic nitrogens is 2. The summed E-state index contributed by atoms with van der Waals surface area (Å²) >= 11 is 0. The molecule has 4 heteroatoms. The standard InChI is InChI=1S/C10H10N2.2BrH/c1-3-7-11(8-4-1)12-9-5-2-6-10-12;;/h1-10H;2*1H/q+2;;/p-2. The van der Waals surface area contributed by atoms with Crippen LogP contribution < -0.4 is 43.3 Å². The summed E-state index contributed by atoms with van der Waals surface area (Å²) in [6.07, 6.45) is 8.00. The minimum Gasteiger partial charge on any atom is -1.00 e. The zero-order chi connectivity index (χ0) is 8.23. The molecule has 0 N–H and O–H groups in total. The fraction of sp³-hybridized carbons (Fsp3) is 0. The molecule has 0 bridgehead atoms. The van der Waals surface area contributed by atoms with Crippen LogP contribution in [0.5, 0.6) is 0 Å². The summed E-state index contributed by atoms with van der Waals surface area (Å²) in [5.41, 5.74) is 0. The zero-order valence-corrected chi connectivity index (χ0v) is 10.6. The molecule has 0 fully saturated rings. The van der Waals surface area contributed by atoms with Crippen LogP contribution in [-0.2, 0) is 0 Å². The fourth-order valence-corrected chi connectivity index (χ4v) is 1.09. The van der Waals surface area contributed by atoms with Crippen molar-refractivity contribution >= 4 is 0 Å². The Morgan fingerprint density at radius 2 is 0.714 bits per heavy atom. The van der Waals surface area contributed by atoms with E-state index in [4.69, 9.17) is 0 Å². The molecule has 0 unspecified atom stereocenters. The Kier molecular flexibility index (Phi) is 6.32. The lowest BCUT2D eigenvalue weighted by molar-refractivity contribution is -1.30. The van der Waals surface area contributed by atoms with E-state index in [0.29, 0.717) is 0 Å². The third-order valence-electron chi connectivity index (χ3n) is 1.67. The van der Waals surface area contributed by atoms with Gasteiger partial charge in [0.2, 0.25) is 24.8 Å². The molecule has 0 spiro atoms. The van der Waals surface area contributed by atoms with Crippen molar-refractivity contribution in [2.24, 2.45) is 0 Å². The molecule has 2 nitrogen and oxygen atoms in total. The summed E-state index contributed by atoms with van der Waals surface area (Å²) in [5, 5.41) is 0. The van der Waals surface area contributed by atoms with Crippen molar-refractivity contribution in [3.63, 3.8) is 0 Å². The maximum Gasteiger partial charge on any atom is 0.242 e. The second-order valence-corrected chi connectivity index (χ2v) is 2.51. The number of hydrogen-bond donors (Lipinski definition) is 0. The normalized spacial score (nSPS) is 8.29. The van der Waals surface area contributed by atoms with Gasteiger partial charge in [-0.3, -0.25) is 0 Å². The largest absolute Gasteiger partial charge is 1.00 e. The summed E-state index contributed by atoms with van der Waals surface area (Å²) in [5.74, 6) is 0. The van der Waals surface area contributed by atoms with Crippen molar-refractivity contribution in [3.05, 3.63) is 61.2 Å². The zero-order valence-electron chi connectivity index (χ0n) is 7.42. The highest BCUT2D eigenvalue weighted by Crippen LogP contribution is 1.76. The van der Waals surface area contributed by atoms with Gasteiger partial charge in [-0.15, -0.1) is 0 Å². The fourth-order valence-electron chi connectivity index (χ4n) is 1.09. The average molecular weight is 318 g/mol. The topological polar surface area (TPSA) is 7.76 Å². The SMILES string of the molecule is [Br-].[Br-].c1cc[n+](-[n+]2ccccc2)cc1. The molecule has 0 saturated carbocycles. The summed E-state index contributed by atoms with van der Waals surface area (Å²) in [6.45, 7) is 0. The Balaban J connectivity index is 0.000000845. The van der Waals surface area contributed by atoms with Crippen molar-refractivity contribution < 1.29 is 43.3 Å². The van der Waals surface area contributed by atoms with Gasteiger partial charge in [-0.05, 0) is 12.1 Å². The molecule has 0 aliphatic rings. The van der Waals surface area contributed by atoms with Gasteiger partial charge in [0, 0.05) is 24.3 Å². The highest BCUT2D eigenvalue weighted by molar-refractivity contribution is 4.84. The molecule has 0 atom stereocenters. The summed E-state index contributed by atoms with van der Waals surface area (Å²) in [6, 6.07) is 12.0. The lowest BCUT2D eigenvalue weighted by Gasteiger charge is -1.84. The highest BCUT2D eigenvalue weighted by atomic mass is 79.9. The van der Waals surface area contributed by atoms with Gasteiger partial charge in [0.25, 0.3) is 0 Å². The molecule has 0 aliphatic heterocycles. The number of nitrogens with zero attached hydrogens (tertiary/aromatic N) is 2. The Bertz CT molecular complexity index is 314. The van der Waals surface area contributed by atoms with Gasteiger partial charge in [0.1, 0.15) is 0 Å². The van der Waals surface area contributed by atoms with Gasteiger partial charge in [-0.1, -0.05) is 0 Å². The first-order valence-electron chi connectivity index (χ1n) is 3.90. The van der Waals surface area contributed by atoms with Crippen molar-refractivity contribution in [1.29, 1.82) is 0 Å². The van der Waals surface area contributed by atoms with Gasteiger partial charge < -0.3 is 34.0 Å². The molecular formula is C10H10Br2N2. The molecule has 0 saturated heterocycles. The second-order valence-electron chi connectivity index (χ2n) is 2.51. The minimum atomic E-state index is 0. The highest BCUT2D eigenvalue weighted by Gasteiger charge is 2.06. The third kappa shape index (κ3) is 3.20. The molecule has 0 amide bonds. The quantitative estimate of drug-likeness (QED) is 0.464. The van der Waals surface area contributed by atoms with Gasteiger partial charge in [-0.2, -0.15) is 0 Å². The molecule has 0 aliphatic carbocycles. The van der Waals surface area contributed by atoms with Crippen molar-refractivity contribution in [3.8, 4) is 0 Å². The first-order chi connectivity index (χ1) is 5.97. The van der Waals surface area contributed by atoms with Crippen LogP contribution in [0.15, 0.2) is 61.2 Å². The Labute approximate surface area is 104 Å². The Morgan fingerprint density at radius 3 is 1.00 bits per heavy atom. The second kappa shape index (κ2) is 6.68. The van der Waals surface area contributed by atoms with Crippen molar-refractivity contribution in [2.45, 2.75) is 0 Å². The van der Waals surface area contributed by atoms with E-state index < -0.39 is 0 Å². The van der Waals surface area contributed by atoms with Crippen LogP contribution in [0.4, 0.5) is 0 Å². The number of rotatable bonds is 1. The van der Waals surface area contributed by atoms with E-state index in [1.54, 1.807) is 0 Å². The van der Waals surface area contributed by atoms with Crippen molar-refractivity contribution in [2.75, 3.05) is 0 Å². The van der Waals surface area contributed by atoms with Gasteiger partial charge in [0.15, 0.2) is 0 Å². The summed E-state index contributed by atoms with van der Waals surface area (Å²) in [4.78, 5) is 0. The Hall–Kier alpha value is -0.740. The average Bonchev–Trinajstić information content (AvgIpc) is 2.21. The maximum absolute atomic E-state index is 2.00. The van der Waals surface area contributed by atoms with Crippen molar-refractivity contribution in [1.82, 2.24) is 0 Å². The van der Waals surface area contributed by atoms with Crippen LogP contribution in [0.3, 0.4) is 0 Å². The van der Waals surface area contributed by atoms with Crippen LogP contribution >= 0.6 is 0 Å². The Morgan fingerprint density at radius 1 is 0.429 bits per heavy atom. The first kappa shape index (κ1) is 13.3. The van der Waals surface area contributed by atoms with Gasteiger partial charge >= 0.3 is 0 Å². The molecule has 2 aromatic heterocycles. The molecule has 0 aromatic carbocycles. The first-order valence-corrected chi connectivity index (χ1v) is 3.90. The lowest BCUT2D eigenvalue weighted by atomic mass is 10.5. The van der Waals surface area contributed by atoms with Gasteiger partial charge in [0.05, 0.1) is 9.35 Å². The molecular weight excluding hydrogens is 308 g/mol. The molecule has 2 aromatic rings. The van der Waals surface area contributed by atoms with Gasteiger partial charge in [-0.25, -0.2) is 0 Å². The number of pyridine rings is 2. The molecule has 0 radical (unpaired) electrons. The van der Waals surface area contributed by atoms with E-state index in [9.17, 15) is 0 Å². The minimum absolute atomic E-state index is 0. The lowest BCUT2D eigenvalue weighted by Crippen LogP contribution is -3.00. The van der Waals surface area contributed by atoms with Crippen LogP contribution in [0.1, 0.15) is 0 Å². The smallest absolute Gasteiger partial charge is 0.242 e. The molecule has 2 rings (SSSR count). The van der Waals surface area contributed by atoms with Crippen LogP contribution in [0.25, 0.3) is 0 Å². The molecule has 2 heterocycles. The van der Waals surface area contributed by atoms with E-state index >= 15 is 0 Å². The maximum atomic E-state index is 2.00. The number of halogens is 2. The summed E-state index contributed by atoms with van der Waals surface area (Å²) < 4.78 is 4.00. The summed E-state index contributed by atoms with van der Waals surface area (Å²) in [7, 11) is 0. The third-order valence-corrected chi connectivity index (χ3v) is 1.67. The predicted molar refractivity (Wildman–Crippen MR) is 44.1 cm³/mol. The van der Waals surface area contributed by atoms with E-state index in [2.05, 4.69) is 0 Å². The van der Waals surface area contributed by atoms with E-state index in [0.717, 1.165) is 0 Å². The van der Waals surface area contributed by atoms with E-state index in [1.165, 1.54) is 0 Å². The molecule has 74 valence electrons. The monoisotopic (exact) mass is 316 g/mol. The van der Waals surface area contributed by atoms with Crippen LogP contribution in [0, 0.1) is 0 Å². The molecule has 14 heavy (non-hydrogen) atoms. The van der Waals surface area contributed by atoms with E-state index in [-0.39, 0.29) is 34.0 Å². The number of hydrogen-bond acceptors (Lipinski definition) is 0.